The molecule has 2 atom stereocenters. The number of piperidine rings is 1. The highest BCUT2D eigenvalue weighted by Crippen LogP contribution is 2.45. The minimum Gasteiger partial charge on any atom is -0.493 e. The summed E-state index contributed by atoms with van der Waals surface area (Å²) in [5.41, 5.74) is 10.6. The van der Waals surface area contributed by atoms with E-state index in [0.29, 0.717) is 126 Å². The van der Waals surface area contributed by atoms with E-state index in [1.807, 2.05) is 104 Å². The monoisotopic (exact) mass is 1330 g/mol. The van der Waals surface area contributed by atoms with Gasteiger partial charge in [0, 0.05) is 61.8 Å². The van der Waals surface area contributed by atoms with E-state index in [2.05, 4.69) is 77.6 Å². The molecule has 97 heavy (non-hydrogen) atoms. The van der Waals surface area contributed by atoms with Crippen LogP contribution in [0.5, 0.6) is 34.5 Å². The number of nitrogens with one attached hydrogen (secondary N) is 1. The highest BCUT2D eigenvalue weighted by Gasteiger charge is 2.31. The van der Waals surface area contributed by atoms with Crippen LogP contribution in [0.1, 0.15) is 97.4 Å². The number of methoxy groups -OCH3 is 5. The van der Waals surface area contributed by atoms with E-state index >= 15 is 0 Å². The van der Waals surface area contributed by atoms with Crippen molar-refractivity contribution in [2.45, 2.75) is 90.4 Å². The number of fused-ring (bicyclic) bond motifs is 4. The van der Waals surface area contributed by atoms with Gasteiger partial charge >= 0.3 is 6.09 Å². The zero-order chi connectivity index (χ0) is 68.7. The van der Waals surface area contributed by atoms with Crippen molar-refractivity contribution >= 4 is 35.3 Å². The van der Waals surface area contributed by atoms with Crippen molar-refractivity contribution in [3.05, 3.63) is 203 Å². The van der Waals surface area contributed by atoms with E-state index in [1.165, 1.54) is 23.1 Å². The van der Waals surface area contributed by atoms with Crippen molar-refractivity contribution < 1.29 is 71.3 Å². The van der Waals surface area contributed by atoms with Crippen LogP contribution in [0.4, 0.5) is 4.79 Å². The van der Waals surface area contributed by atoms with Gasteiger partial charge in [0.15, 0.2) is 29.6 Å². The fourth-order valence-electron chi connectivity index (χ4n) is 12.1. The lowest BCUT2D eigenvalue weighted by atomic mass is 9.98. The first kappa shape index (κ1) is 73.3. The van der Waals surface area contributed by atoms with E-state index < -0.39 is 12.2 Å². The Balaban J connectivity index is 0.000000422. The lowest BCUT2D eigenvalue weighted by Gasteiger charge is -2.33. The van der Waals surface area contributed by atoms with E-state index in [0.717, 1.165) is 70.2 Å². The van der Waals surface area contributed by atoms with E-state index in [1.54, 1.807) is 58.6 Å². The van der Waals surface area contributed by atoms with Crippen LogP contribution in [-0.2, 0) is 64.0 Å². The first-order chi connectivity index (χ1) is 47.5. The van der Waals surface area contributed by atoms with Gasteiger partial charge in [0.1, 0.15) is 18.5 Å². The molecular formula is C78H94N4O15. The van der Waals surface area contributed by atoms with Crippen LogP contribution in [0.15, 0.2) is 164 Å². The van der Waals surface area contributed by atoms with E-state index in [9.17, 15) is 19.2 Å². The largest absolute Gasteiger partial charge is 0.493 e. The number of hydrogen-bond acceptors (Lipinski definition) is 15. The molecule has 0 spiro atoms. The zero-order valence-corrected chi connectivity index (χ0v) is 57.3. The van der Waals surface area contributed by atoms with Gasteiger partial charge in [-0.2, -0.15) is 0 Å². The normalized spacial score (nSPS) is 13.3. The van der Waals surface area contributed by atoms with Crippen molar-refractivity contribution in [3.63, 3.8) is 0 Å². The van der Waals surface area contributed by atoms with Gasteiger partial charge in [0.25, 0.3) is 12.4 Å². The molecule has 1 aliphatic heterocycles. The number of carbonyl (C=O) groups is 4. The maximum absolute atomic E-state index is 14.0. The van der Waals surface area contributed by atoms with Crippen molar-refractivity contribution in [2.24, 2.45) is 0 Å². The third-order valence-electron chi connectivity index (χ3n) is 17.0. The molecule has 19 heteroatoms. The van der Waals surface area contributed by atoms with Crippen molar-refractivity contribution in [3.8, 4) is 45.6 Å². The van der Waals surface area contributed by atoms with Gasteiger partial charge in [-0.15, -0.1) is 0 Å². The minimum atomic E-state index is -0.515. The number of nitrogens with zero attached hydrogens (tertiary/aromatic N) is 3. The number of aryl methyl sites for hydroxylation is 1. The van der Waals surface area contributed by atoms with Gasteiger partial charge in [-0.3, -0.25) is 14.4 Å². The Morgan fingerprint density at radius 2 is 1.29 bits per heavy atom. The Morgan fingerprint density at radius 3 is 1.96 bits per heavy atom. The SMILES string of the molecule is CC.COc1cc(CC(=O)N2CCCCC2C)cc(OC)c1OC.COc1ccc(CCC(OC=O)c2cccc(OCC(=O)NCCOCCOCCOCCN(Cc3cccc4c3ccn4Cc3ccccc3)C(=O)OCC3c4ccccc4-c4ccccc43)c2)cc1OC. The summed E-state index contributed by atoms with van der Waals surface area (Å²) in [5.74, 6) is 3.24. The molecule has 1 fully saturated rings. The summed E-state index contributed by atoms with van der Waals surface area (Å²) in [5, 5.41) is 3.88. The number of benzene rings is 7. The second kappa shape index (κ2) is 38.9. The Hall–Kier alpha value is -9.56. The molecule has 1 N–H and O–H groups in total. The van der Waals surface area contributed by atoms with Crippen LogP contribution in [0, 0.1) is 0 Å². The molecule has 1 aliphatic carbocycles. The Labute approximate surface area is 570 Å². The fourth-order valence-corrected chi connectivity index (χ4v) is 12.1. The molecule has 516 valence electrons. The van der Waals surface area contributed by atoms with Crippen LogP contribution in [-0.4, -0.2) is 153 Å². The molecule has 1 saturated heterocycles. The van der Waals surface area contributed by atoms with E-state index in [-0.39, 0.29) is 30.9 Å². The quantitative estimate of drug-likeness (QED) is 0.0295. The number of carbonyl (C=O) groups excluding carboxylic acids is 4. The van der Waals surface area contributed by atoms with Crippen molar-refractivity contribution in [1.82, 2.24) is 19.7 Å². The highest BCUT2D eigenvalue weighted by molar-refractivity contribution is 5.85. The number of aromatic nitrogens is 1. The molecule has 2 heterocycles. The summed E-state index contributed by atoms with van der Waals surface area (Å²) in [6.45, 7) is 11.1. The van der Waals surface area contributed by atoms with Crippen molar-refractivity contribution in [1.29, 1.82) is 0 Å². The third-order valence-corrected chi connectivity index (χ3v) is 17.0. The van der Waals surface area contributed by atoms with Crippen LogP contribution in [0.3, 0.4) is 0 Å². The number of likely N-dealkylation sites (tertiary alicyclic amines) is 1. The molecule has 1 aromatic heterocycles. The van der Waals surface area contributed by atoms with Crippen molar-refractivity contribution in [2.75, 3.05) is 108 Å². The average Bonchev–Trinajstić information content (AvgIpc) is 1.63. The average molecular weight is 1330 g/mol. The Bertz CT molecular complexity index is 3690. The first-order valence-corrected chi connectivity index (χ1v) is 33.3. The van der Waals surface area contributed by atoms with Gasteiger partial charge in [0.05, 0.1) is 81.6 Å². The fraction of sp³-hybridized carbons (Fsp3) is 0.385. The second-order valence-electron chi connectivity index (χ2n) is 23.1. The zero-order valence-electron chi connectivity index (χ0n) is 57.3. The van der Waals surface area contributed by atoms with Gasteiger partial charge in [-0.25, -0.2) is 4.79 Å². The summed E-state index contributed by atoms with van der Waals surface area (Å²) in [4.78, 5) is 54.2. The maximum Gasteiger partial charge on any atom is 0.410 e. The van der Waals surface area contributed by atoms with E-state index in [4.69, 9.17) is 52.1 Å². The standard InChI is InChI=1S/C59H63N3O11.C17H25NO4.C2H6/c1-66-56-25-23-43(36-57(56)67-2)22-24-55(73-42-63)45-14-10-16-47(37-45)71-41-58(64)60-27-30-68-32-34-70-35-33-69-31-29-62(39-46-15-11-21-54-48(46)26-28-61(54)38-44-12-4-3-5-13-44)59(65)72-40-53-51-19-8-6-17-49(51)50-18-7-9-20-52(50)53;1-12-7-5-6-8-18(12)16(19)11-13-9-14(20-2)17(22-4)15(10-13)21-3;1-2/h3-21,23,25-26,28,36-37,42,53,55H,22,24,27,29-35,38-41H2,1-2H3,(H,60,64);9-10,12H,5-8,11H2,1-4H3;1-2H3. The van der Waals surface area contributed by atoms with Gasteiger partial charge in [-0.1, -0.05) is 123 Å². The van der Waals surface area contributed by atoms with Crippen LogP contribution in [0.2, 0.25) is 0 Å². The summed E-state index contributed by atoms with van der Waals surface area (Å²) in [6.07, 6.45) is 6.05. The topological polar surface area (TPSA) is 193 Å². The first-order valence-electron chi connectivity index (χ1n) is 33.3. The number of ether oxygens (including phenoxy) is 11. The lowest BCUT2D eigenvalue weighted by Crippen LogP contribution is -2.42. The summed E-state index contributed by atoms with van der Waals surface area (Å²) >= 11 is 0. The maximum atomic E-state index is 14.0. The minimum absolute atomic E-state index is 0.0549. The molecule has 10 rings (SSSR count). The predicted molar refractivity (Wildman–Crippen MR) is 374 cm³/mol. The number of amides is 3. The third kappa shape index (κ3) is 20.7. The number of hydrogen-bond donors (Lipinski definition) is 1. The Kier molecular flexibility index (Phi) is 29.3. The van der Waals surface area contributed by atoms with Crippen LogP contribution >= 0.6 is 0 Å². The molecule has 19 nitrogen and oxygen atoms in total. The number of rotatable bonds is 34. The van der Waals surface area contributed by atoms with Gasteiger partial charge in [-0.05, 0) is 138 Å². The molecule has 8 aromatic rings. The summed E-state index contributed by atoms with van der Waals surface area (Å²) < 4.78 is 63.7. The summed E-state index contributed by atoms with van der Waals surface area (Å²) in [7, 11) is 7.90. The molecule has 2 aliphatic rings. The van der Waals surface area contributed by atoms with Crippen LogP contribution < -0.4 is 33.7 Å². The van der Waals surface area contributed by atoms with Crippen LogP contribution in [0.25, 0.3) is 22.0 Å². The molecule has 2 unspecified atom stereocenters. The smallest absolute Gasteiger partial charge is 0.410 e. The molecule has 0 radical (unpaired) electrons. The molecule has 7 aromatic carbocycles. The predicted octanol–water partition coefficient (Wildman–Crippen LogP) is 13.2. The lowest BCUT2D eigenvalue weighted by molar-refractivity contribution is -0.134. The van der Waals surface area contributed by atoms with Gasteiger partial charge < -0.3 is 71.8 Å². The molecule has 0 saturated carbocycles. The molecular weight excluding hydrogens is 1230 g/mol. The molecule has 3 amide bonds. The second-order valence-corrected chi connectivity index (χ2v) is 23.1. The summed E-state index contributed by atoms with van der Waals surface area (Å²) in [6, 6.07) is 52.2. The highest BCUT2D eigenvalue weighted by atomic mass is 16.6. The molecule has 0 bridgehead atoms. The van der Waals surface area contributed by atoms with Gasteiger partial charge in [0.2, 0.25) is 11.7 Å². The Morgan fingerprint density at radius 1 is 0.639 bits per heavy atom.